The van der Waals surface area contributed by atoms with Gasteiger partial charge < -0.3 is 11.5 Å². The van der Waals surface area contributed by atoms with Crippen molar-refractivity contribution in [2.24, 2.45) is 0 Å². The number of benzene rings is 1. The lowest BCUT2D eigenvalue weighted by Crippen LogP contribution is -2.10. The number of nitrogens with zero attached hydrogens (tertiary/aromatic N) is 8. The number of hydrogen-bond acceptors (Lipinski definition) is 12. The predicted octanol–water partition coefficient (Wildman–Crippen LogP) is 6.58. The molecule has 0 radical (unpaired) electrons. The minimum atomic E-state index is -4.63. The summed E-state index contributed by atoms with van der Waals surface area (Å²) in [7, 11) is -3.33. The van der Waals surface area contributed by atoms with E-state index in [9.17, 15) is 34.8 Å². The first-order valence-electron chi connectivity index (χ1n) is 13.2. The molecule has 0 aliphatic heterocycles. The van der Waals surface area contributed by atoms with Gasteiger partial charge in [-0.3, -0.25) is 0 Å². The molecular formula is C27H17F6IN10O2S3. The van der Waals surface area contributed by atoms with Crippen LogP contribution < -0.4 is 11.5 Å². The summed E-state index contributed by atoms with van der Waals surface area (Å²) in [4.78, 5) is 16.8. The Morgan fingerprint density at radius 2 is 1.16 bits per heavy atom. The summed E-state index contributed by atoms with van der Waals surface area (Å²) in [5.74, 6) is -1.15. The fourth-order valence-electron chi connectivity index (χ4n) is 4.30. The summed E-state index contributed by atoms with van der Waals surface area (Å²) in [6, 6.07) is 8.03. The molecule has 0 fully saturated rings. The van der Waals surface area contributed by atoms with Gasteiger partial charge in [-0.15, -0.1) is 0 Å². The second-order valence-electron chi connectivity index (χ2n) is 10.0. The van der Waals surface area contributed by atoms with Gasteiger partial charge in [-0.05, 0) is 46.9 Å². The van der Waals surface area contributed by atoms with Gasteiger partial charge in [0.05, 0.1) is 34.1 Å². The fraction of sp³-hybridized carbons (Fsp3) is 0.111. The number of fused-ring (bicyclic) bond motifs is 2. The molecule has 0 atom stereocenters. The van der Waals surface area contributed by atoms with Gasteiger partial charge >= 0.3 is 12.4 Å². The standard InChI is InChI=1S/C17H12F3N5O2S2.C10H5F3IN5S/c1-29(26,27)11-4-2-9(3-5-11)13-8-23-16-25(13)24-15(28-16)10-6-12(17(18,19)20)14(21)22-7-10;11-10(12,13)5-1-4(2-16-7(5)15)8-18-19-6(14)3-17-9(19)20-8/h2-8H,1H3,(H2,21,22);1-3H,(H2,15,16). The van der Waals surface area contributed by atoms with Crippen molar-refractivity contribution in [3.63, 3.8) is 0 Å². The van der Waals surface area contributed by atoms with Crippen LogP contribution in [0.5, 0.6) is 0 Å². The highest BCUT2D eigenvalue weighted by molar-refractivity contribution is 14.1. The second-order valence-corrected chi connectivity index (χ2v) is 15.1. The molecule has 22 heteroatoms. The van der Waals surface area contributed by atoms with E-state index in [1.54, 1.807) is 29.0 Å². The lowest BCUT2D eigenvalue weighted by Gasteiger charge is -2.09. The third kappa shape index (κ3) is 7.02. The van der Waals surface area contributed by atoms with E-state index < -0.39 is 45.0 Å². The van der Waals surface area contributed by atoms with E-state index in [1.165, 1.54) is 40.4 Å². The number of anilines is 2. The number of nitrogen functional groups attached to an aromatic ring is 2. The van der Waals surface area contributed by atoms with E-state index in [0.717, 1.165) is 33.4 Å². The van der Waals surface area contributed by atoms with Crippen LogP contribution in [0.3, 0.4) is 0 Å². The van der Waals surface area contributed by atoms with Crippen molar-refractivity contribution >= 4 is 76.7 Å². The number of hydrogen-bond donors (Lipinski definition) is 2. The van der Waals surface area contributed by atoms with Crippen molar-refractivity contribution in [1.29, 1.82) is 0 Å². The molecule has 49 heavy (non-hydrogen) atoms. The maximum Gasteiger partial charge on any atom is 0.419 e. The first-order chi connectivity index (χ1) is 22.9. The number of imidazole rings is 2. The summed E-state index contributed by atoms with van der Waals surface area (Å²) >= 11 is 4.32. The van der Waals surface area contributed by atoms with Crippen molar-refractivity contribution in [3.05, 3.63) is 76.0 Å². The quantitative estimate of drug-likeness (QED) is 0.146. The molecule has 0 spiro atoms. The lowest BCUT2D eigenvalue weighted by molar-refractivity contribution is -0.137. The van der Waals surface area contributed by atoms with Crippen molar-refractivity contribution in [1.82, 2.24) is 39.2 Å². The zero-order chi connectivity index (χ0) is 35.5. The number of alkyl halides is 6. The Morgan fingerprint density at radius 1 is 0.694 bits per heavy atom. The van der Waals surface area contributed by atoms with Crippen LogP contribution in [0.4, 0.5) is 38.0 Å². The zero-order valence-electron chi connectivity index (χ0n) is 24.2. The smallest absolute Gasteiger partial charge is 0.383 e. The molecule has 6 heterocycles. The molecule has 0 saturated carbocycles. The molecule has 254 valence electrons. The van der Waals surface area contributed by atoms with Crippen molar-refractivity contribution < 1.29 is 34.8 Å². The summed E-state index contributed by atoms with van der Waals surface area (Å²) in [6.45, 7) is 0. The number of sulfone groups is 1. The Balaban J connectivity index is 0.000000182. The molecule has 0 bridgehead atoms. The Hall–Kier alpha value is -4.42. The van der Waals surface area contributed by atoms with Gasteiger partial charge in [-0.1, -0.05) is 34.8 Å². The maximum absolute atomic E-state index is 13.1. The van der Waals surface area contributed by atoms with Gasteiger partial charge in [0.1, 0.15) is 25.4 Å². The zero-order valence-corrected chi connectivity index (χ0v) is 28.8. The Bertz CT molecular complexity index is 2450. The molecule has 4 N–H and O–H groups in total. The normalized spacial score (nSPS) is 12.4. The molecule has 0 saturated heterocycles. The molecule has 0 aliphatic carbocycles. The highest BCUT2D eigenvalue weighted by atomic mass is 127. The molecule has 7 rings (SSSR count). The van der Waals surface area contributed by atoms with Crippen molar-refractivity contribution in [3.8, 4) is 32.4 Å². The lowest BCUT2D eigenvalue weighted by atomic mass is 10.2. The van der Waals surface area contributed by atoms with Crippen LogP contribution in [-0.4, -0.2) is 53.8 Å². The second kappa shape index (κ2) is 12.5. The monoisotopic (exact) mass is 850 g/mol. The van der Waals surface area contributed by atoms with Crippen LogP contribution in [0.15, 0.2) is 66.1 Å². The van der Waals surface area contributed by atoms with Crippen LogP contribution in [-0.2, 0) is 22.2 Å². The van der Waals surface area contributed by atoms with E-state index in [0.29, 0.717) is 31.2 Å². The largest absolute Gasteiger partial charge is 0.419 e. The first-order valence-corrected chi connectivity index (χ1v) is 17.8. The van der Waals surface area contributed by atoms with E-state index in [4.69, 9.17) is 11.5 Å². The van der Waals surface area contributed by atoms with E-state index >= 15 is 0 Å². The topological polar surface area (TPSA) is 172 Å². The molecule has 12 nitrogen and oxygen atoms in total. The maximum atomic E-state index is 13.1. The highest BCUT2D eigenvalue weighted by Crippen LogP contribution is 2.38. The van der Waals surface area contributed by atoms with Gasteiger partial charge in [0.25, 0.3) is 0 Å². The number of rotatable bonds is 4. The van der Waals surface area contributed by atoms with Gasteiger partial charge in [0.15, 0.2) is 9.84 Å². The predicted molar refractivity (Wildman–Crippen MR) is 178 cm³/mol. The summed E-state index contributed by atoms with van der Waals surface area (Å²) in [5, 5.41) is 9.26. The van der Waals surface area contributed by atoms with Gasteiger partial charge in [-0.25, -0.2) is 32.9 Å². The van der Waals surface area contributed by atoms with Crippen molar-refractivity contribution in [2.75, 3.05) is 17.7 Å². The molecule has 0 amide bonds. The van der Waals surface area contributed by atoms with E-state index in [2.05, 4.69) is 30.1 Å². The van der Waals surface area contributed by atoms with E-state index in [-0.39, 0.29) is 16.0 Å². The third-order valence-electron chi connectivity index (χ3n) is 6.65. The summed E-state index contributed by atoms with van der Waals surface area (Å²) in [6.07, 6.45) is -2.37. The summed E-state index contributed by atoms with van der Waals surface area (Å²) < 4.78 is 105. The SMILES string of the molecule is CS(=O)(=O)c1ccc(-c2cnc3sc(-c4cnc(N)c(C(F)(F)F)c4)nn23)cc1.Nc1ncc(-c2nn3c(I)cnc3s2)cc1C(F)(F)F. The average molecular weight is 851 g/mol. The van der Waals surface area contributed by atoms with Gasteiger partial charge in [0.2, 0.25) is 9.92 Å². The van der Waals surface area contributed by atoms with Gasteiger partial charge in [0, 0.05) is 35.3 Å². The van der Waals surface area contributed by atoms with Crippen LogP contribution in [0.25, 0.3) is 42.3 Å². The van der Waals surface area contributed by atoms with Gasteiger partial charge in [-0.2, -0.15) is 41.1 Å². The molecule has 6 aromatic heterocycles. The van der Waals surface area contributed by atoms with Crippen LogP contribution in [0.1, 0.15) is 11.1 Å². The van der Waals surface area contributed by atoms with Crippen LogP contribution >= 0.6 is 45.3 Å². The first kappa shape index (κ1) is 34.4. The fourth-order valence-corrected chi connectivity index (χ4v) is 7.28. The number of nitrogens with two attached hydrogens (primary N) is 2. The third-order valence-corrected chi connectivity index (χ3v) is 10.5. The Labute approximate surface area is 292 Å². The Morgan fingerprint density at radius 3 is 1.63 bits per heavy atom. The minimum Gasteiger partial charge on any atom is -0.383 e. The molecular weight excluding hydrogens is 833 g/mol. The molecule has 7 aromatic rings. The Kier molecular flexibility index (Phi) is 8.77. The molecule has 1 aromatic carbocycles. The summed E-state index contributed by atoms with van der Waals surface area (Å²) in [5.41, 5.74) is 10.3. The van der Waals surface area contributed by atoms with E-state index in [1.807, 2.05) is 22.6 Å². The number of halogens is 7. The average Bonchev–Trinajstić information content (AvgIpc) is 3.79. The molecule has 0 aliphatic rings. The minimum absolute atomic E-state index is 0.167. The number of aromatic nitrogens is 8. The van der Waals surface area contributed by atoms with Crippen LogP contribution in [0.2, 0.25) is 0 Å². The molecule has 0 unspecified atom stereocenters. The number of pyridine rings is 2. The highest BCUT2D eigenvalue weighted by Gasteiger charge is 2.35. The van der Waals surface area contributed by atoms with Crippen molar-refractivity contribution in [2.45, 2.75) is 17.2 Å². The van der Waals surface area contributed by atoms with Crippen LogP contribution in [0, 0.1) is 3.70 Å².